The molecule has 2 aromatic rings. The van der Waals surface area contributed by atoms with E-state index in [1.54, 1.807) is 14.0 Å². The number of nitrogens with two attached hydrogens (primary N) is 1. The molecular formula is C12H12ClF2N3. The second kappa shape index (κ2) is 4.66. The van der Waals surface area contributed by atoms with Crippen molar-refractivity contribution in [2.75, 3.05) is 0 Å². The molecule has 1 unspecified atom stereocenters. The fourth-order valence-corrected chi connectivity index (χ4v) is 2.12. The van der Waals surface area contributed by atoms with Gasteiger partial charge in [-0.05, 0) is 18.6 Å². The molecule has 1 heterocycles. The molecule has 96 valence electrons. The van der Waals surface area contributed by atoms with E-state index in [2.05, 4.69) is 5.10 Å². The fourth-order valence-electron chi connectivity index (χ4n) is 1.84. The van der Waals surface area contributed by atoms with Crippen molar-refractivity contribution >= 4 is 11.6 Å². The molecule has 18 heavy (non-hydrogen) atoms. The topological polar surface area (TPSA) is 43.8 Å². The second-order valence-corrected chi connectivity index (χ2v) is 4.51. The summed E-state index contributed by atoms with van der Waals surface area (Å²) in [6.07, 6.45) is 1.44. The van der Waals surface area contributed by atoms with Crippen LogP contribution in [0.3, 0.4) is 0 Å². The van der Waals surface area contributed by atoms with Gasteiger partial charge in [0.05, 0.1) is 23.0 Å². The van der Waals surface area contributed by atoms with E-state index < -0.39 is 17.7 Å². The smallest absolute Gasteiger partial charge is 0.131 e. The molecule has 0 bridgehead atoms. The zero-order valence-electron chi connectivity index (χ0n) is 9.92. The Morgan fingerprint density at radius 1 is 1.33 bits per heavy atom. The van der Waals surface area contributed by atoms with E-state index in [9.17, 15) is 8.78 Å². The number of benzene rings is 1. The third-order valence-corrected chi connectivity index (χ3v) is 3.14. The summed E-state index contributed by atoms with van der Waals surface area (Å²) >= 11 is 5.95. The second-order valence-electron chi connectivity index (χ2n) is 4.10. The van der Waals surface area contributed by atoms with E-state index in [1.807, 2.05) is 0 Å². The van der Waals surface area contributed by atoms with Gasteiger partial charge in [-0.15, -0.1) is 0 Å². The van der Waals surface area contributed by atoms with Crippen molar-refractivity contribution in [2.45, 2.75) is 13.0 Å². The first-order valence-electron chi connectivity index (χ1n) is 5.30. The molecule has 0 saturated carbocycles. The summed E-state index contributed by atoms with van der Waals surface area (Å²) in [6, 6.07) is 1.43. The van der Waals surface area contributed by atoms with Gasteiger partial charge >= 0.3 is 0 Å². The maximum absolute atomic E-state index is 13.7. The molecule has 0 saturated heterocycles. The Morgan fingerprint density at radius 2 is 2.00 bits per heavy atom. The average molecular weight is 272 g/mol. The molecule has 0 amide bonds. The van der Waals surface area contributed by atoms with Crippen molar-refractivity contribution in [2.24, 2.45) is 12.8 Å². The summed E-state index contributed by atoms with van der Waals surface area (Å²) < 4.78 is 28.4. The lowest BCUT2D eigenvalue weighted by molar-refractivity contribution is 0.554. The lowest BCUT2D eigenvalue weighted by atomic mass is 10.0. The third-order valence-electron chi connectivity index (χ3n) is 2.85. The molecule has 0 aliphatic heterocycles. The minimum atomic E-state index is -0.788. The molecule has 2 rings (SSSR count). The van der Waals surface area contributed by atoms with Gasteiger partial charge in [-0.1, -0.05) is 11.6 Å². The predicted octanol–water partition coefficient (Wildman–Crippen LogP) is 2.71. The summed E-state index contributed by atoms with van der Waals surface area (Å²) in [7, 11) is 1.66. The molecule has 1 aromatic carbocycles. The van der Waals surface area contributed by atoms with E-state index in [0.717, 1.165) is 6.07 Å². The standard InChI is InChI=1S/C12H12ClF2N3/c1-6-3-7(10(15)4-9(6)14)11(16)12-8(13)5-17-18(12)2/h3-5,11H,16H2,1-2H3. The number of rotatable bonds is 2. The Balaban J connectivity index is 2.53. The van der Waals surface area contributed by atoms with Crippen LogP contribution in [0.15, 0.2) is 18.3 Å². The van der Waals surface area contributed by atoms with Crippen LogP contribution < -0.4 is 5.73 Å². The Kier molecular flexibility index (Phi) is 3.36. The van der Waals surface area contributed by atoms with Crippen molar-refractivity contribution in [3.63, 3.8) is 0 Å². The summed E-state index contributed by atoms with van der Waals surface area (Å²) in [4.78, 5) is 0. The molecule has 0 aliphatic carbocycles. The zero-order valence-corrected chi connectivity index (χ0v) is 10.7. The van der Waals surface area contributed by atoms with Gasteiger partial charge in [0.2, 0.25) is 0 Å². The summed E-state index contributed by atoms with van der Waals surface area (Å²) in [5, 5.41) is 4.29. The van der Waals surface area contributed by atoms with E-state index in [0.29, 0.717) is 16.3 Å². The van der Waals surface area contributed by atoms with Gasteiger partial charge in [0.15, 0.2) is 0 Å². The number of aromatic nitrogens is 2. The SMILES string of the molecule is Cc1cc(C(N)c2c(Cl)cnn2C)c(F)cc1F. The Bertz CT molecular complexity index is 576. The van der Waals surface area contributed by atoms with Crippen molar-refractivity contribution in [3.05, 3.63) is 51.8 Å². The van der Waals surface area contributed by atoms with Crippen molar-refractivity contribution in [1.29, 1.82) is 0 Å². The minimum absolute atomic E-state index is 0.194. The highest BCUT2D eigenvalue weighted by atomic mass is 35.5. The van der Waals surface area contributed by atoms with E-state index in [-0.39, 0.29) is 5.56 Å². The fraction of sp³-hybridized carbons (Fsp3) is 0.250. The quantitative estimate of drug-likeness (QED) is 0.913. The predicted molar refractivity (Wildman–Crippen MR) is 65.3 cm³/mol. The molecule has 1 aromatic heterocycles. The summed E-state index contributed by atoms with van der Waals surface area (Å²) in [5.41, 5.74) is 6.99. The average Bonchev–Trinajstić information content (AvgIpc) is 2.63. The Morgan fingerprint density at radius 3 is 2.56 bits per heavy atom. The molecule has 1 atom stereocenters. The van der Waals surface area contributed by atoms with Crippen LogP contribution in [-0.2, 0) is 7.05 Å². The van der Waals surface area contributed by atoms with E-state index in [4.69, 9.17) is 17.3 Å². The number of hydrogen-bond donors (Lipinski definition) is 1. The monoisotopic (exact) mass is 271 g/mol. The number of hydrogen-bond acceptors (Lipinski definition) is 2. The highest BCUT2D eigenvalue weighted by Crippen LogP contribution is 2.28. The molecular weight excluding hydrogens is 260 g/mol. The van der Waals surface area contributed by atoms with Gasteiger partial charge in [-0.3, -0.25) is 4.68 Å². The number of nitrogens with zero attached hydrogens (tertiary/aromatic N) is 2. The first-order chi connectivity index (χ1) is 8.41. The van der Waals surface area contributed by atoms with Crippen LogP contribution >= 0.6 is 11.6 Å². The van der Waals surface area contributed by atoms with Gasteiger partial charge < -0.3 is 5.73 Å². The van der Waals surface area contributed by atoms with Crippen LogP contribution in [0.2, 0.25) is 5.02 Å². The van der Waals surface area contributed by atoms with Crippen LogP contribution in [0.5, 0.6) is 0 Å². The van der Waals surface area contributed by atoms with Crippen LogP contribution in [0, 0.1) is 18.6 Å². The summed E-state index contributed by atoms with van der Waals surface area (Å²) in [5.74, 6) is -1.29. The van der Waals surface area contributed by atoms with Crippen molar-refractivity contribution in [3.8, 4) is 0 Å². The van der Waals surface area contributed by atoms with Crippen molar-refractivity contribution in [1.82, 2.24) is 9.78 Å². The highest BCUT2D eigenvalue weighted by Gasteiger charge is 2.21. The van der Waals surface area contributed by atoms with Gasteiger partial charge in [-0.25, -0.2) is 8.78 Å². The van der Waals surface area contributed by atoms with Crippen molar-refractivity contribution < 1.29 is 8.78 Å². The number of halogens is 3. The van der Waals surface area contributed by atoms with E-state index >= 15 is 0 Å². The number of aryl methyl sites for hydroxylation is 2. The maximum atomic E-state index is 13.7. The van der Waals surface area contributed by atoms with Gasteiger partial charge in [0.1, 0.15) is 11.6 Å². The van der Waals surface area contributed by atoms with Crippen LogP contribution in [0.25, 0.3) is 0 Å². The first kappa shape index (κ1) is 13.0. The molecule has 0 fully saturated rings. The van der Waals surface area contributed by atoms with Crippen LogP contribution in [-0.4, -0.2) is 9.78 Å². The lowest BCUT2D eigenvalue weighted by Crippen LogP contribution is -2.18. The van der Waals surface area contributed by atoms with Crippen LogP contribution in [0.4, 0.5) is 8.78 Å². The van der Waals surface area contributed by atoms with Gasteiger partial charge in [0, 0.05) is 18.7 Å². The largest absolute Gasteiger partial charge is 0.319 e. The molecule has 0 spiro atoms. The normalized spacial score (nSPS) is 12.8. The molecule has 2 N–H and O–H groups in total. The first-order valence-corrected chi connectivity index (χ1v) is 5.68. The Hall–Kier alpha value is -1.46. The zero-order chi connectivity index (χ0) is 13.4. The highest BCUT2D eigenvalue weighted by molar-refractivity contribution is 6.31. The Labute approximate surface area is 108 Å². The molecule has 6 heteroatoms. The maximum Gasteiger partial charge on any atom is 0.131 e. The molecule has 0 aliphatic rings. The third kappa shape index (κ3) is 2.11. The minimum Gasteiger partial charge on any atom is -0.319 e. The molecule has 0 radical (unpaired) electrons. The lowest BCUT2D eigenvalue weighted by Gasteiger charge is -2.15. The van der Waals surface area contributed by atoms with Crippen LogP contribution in [0.1, 0.15) is 22.9 Å². The molecule has 3 nitrogen and oxygen atoms in total. The van der Waals surface area contributed by atoms with Gasteiger partial charge in [-0.2, -0.15) is 5.10 Å². The van der Waals surface area contributed by atoms with E-state index in [1.165, 1.54) is 16.9 Å². The summed E-state index contributed by atoms with van der Waals surface area (Å²) in [6.45, 7) is 1.55. The van der Waals surface area contributed by atoms with Gasteiger partial charge in [0.25, 0.3) is 0 Å².